The Morgan fingerprint density at radius 3 is 2.53 bits per heavy atom. The minimum absolute atomic E-state index is 0.667. The monoisotopic (exact) mass is 203 g/mol. The third-order valence-electron chi connectivity index (χ3n) is 3.34. The number of carbonyl (C=O) groups is 1. The van der Waals surface area contributed by atoms with Gasteiger partial charge in [-0.15, -0.1) is 0 Å². The zero-order chi connectivity index (χ0) is 10.7. The fraction of sp³-hybridized carbons (Fsp3) is 0.462. The first kappa shape index (κ1) is 10.2. The Bertz CT molecular complexity index is 337. The van der Waals surface area contributed by atoms with E-state index < -0.39 is 11.4 Å². The number of hydrogen-bond acceptors (Lipinski definition) is 1. The normalized spacial score (nSPS) is 19.7. The van der Waals surface area contributed by atoms with Crippen molar-refractivity contribution in [1.82, 2.24) is 0 Å². The van der Waals surface area contributed by atoms with Gasteiger partial charge in [-0.05, 0) is 24.5 Å². The lowest BCUT2D eigenvalue weighted by Crippen LogP contribution is -2.37. The van der Waals surface area contributed by atoms with Gasteiger partial charge in [-0.25, -0.2) is 0 Å². The van der Waals surface area contributed by atoms with Gasteiger partial charge in [-0.2, -0.15) is 0 Å². The van der Waals surface area contributed by atoms with Crippen molar-refractivity contribution in [2.75, 3.05) is 0 Å². The third kappa shape index (κ3) is 1.76. The molecule has 0 heterocycles. The van der Waals surface area contributed by atoms with Crippen molar-refractivity contribution in [3.8, 4) is 0 Å². The lowest BCUT2D eigenvalue weighted by atomic mass is 9.69. The standard InChI is InChI=1S/C13H15O2/c14-12(15)13(9-5-2-6-10-13)11-7-3-1-4-8-11/h1,3-4,7H,2,5-6,9-10H2,(H,14,15). The van der Waals surface area contributed by atoms with Gasteiger partial charge < -0.3 is 5.11 Å². The molecule has 2 heteroatoms. The van der Waals surface area contributed by atoms with E-state index in [0.717, 1.165) is 37.7 Å². The molecule has 2 rings (SSSR count). The van der Waals surface area contributed by atoms with E-state index >= 15 is 0 Å². The molecule has 79 valence electrons. The molecule has 0 bridgehead atoms. The SMILES string of the molecule is O=C(O)C1(c2[c]cccc2)CCCCC1. The summed E-state index contributed by atoms with van der Waals surface area (Å²) in [5.41, 5.74) is 0.177. The second kappa shape index (κ2) is 4.05. The van der Waals surface area contributed by atoms with E-state index in [2.05, 4.69) is 6.07 Å². The molecule has 1 N–H and O–H groups in total. The van der Waals surface area contributed by atoms with Gasteiger partial charge in [0.1, 0.15) is 0 Å². The van der Waals surface area contributed by atoms with Crippen LogP contribution in [0.4, 0.5) is 0 Å². The van der Waals surface area contributed by atoms with Crippen LogP contribution in [0.15, 0.2) is 24.3 Å². The molecule has 1 aliphatic carbocycles. The highest BCUT2D eigenvalue weighted by molar-refractivity contribution is 5.81. The Morgan fingerprint density at radius 1 is 1.27 bits per heavy atom. The van der Waals surface area contributed by atoms with Crippen molar-refractivity contribution in [3.63, 3.8) is 0 Å². The van der Waals surface area contributed by atoms with Gasteiger partial charge in [0.2, 0.25) is 0 Å². The Morgan fingerprint density at radius 2 is 2.00 bits per heavy atom. The topological polar surface area (TPSA) is 37.3 Å². The summed E-state index contributed by atoms with van der Waals surface area (Å²) in [7, 11) is 0. The maximum atomic E-state index is 11.5. The molecule has 1 saturated carbocycles. The molecule has 1 aliphatic rings. The zero-order valence-corrected chi connectivity index (χ0v) is 8.70. The van der Waals surface area contributed by atoms with Crippen LogP contribution < -0.4 is 0 Å². The zero-order valence-electron chi connectivity index (χ0n) is 8.70. The number of carboxylic acid groups (broad SMARTS) is 1. The number of rotatable bonds is 2. The maximum absolute atomic E-state index is 11.5. The molecule has 0 saturated heterocycles. The second-order valence-corrected chi connectivity index (χ2v) is 4.22. The molecule has 1 aromatic rings. The van der Waals surface area contributed by atoms with Crippen LogP contribution in [0.3, 0.4) is 0 Å². The Labute approximate surface area is 89.9 Å². The second-order valence-electron chi connectivity index (χ2n) is 4.22. The summed E-state index contributed by atoms with van der Waals surface area (Å²) in [6, 6.07) is 10.5. The van der Waals surface area contributed by atoms with E-state index in [1.54, 1.807) is 6.07 Å². The Balaban J connectivity index is 2.38. The lowest BCUT2D eigenvalue weighted by molar-refractivity contribution is -0.145. The average molecular weight is 203 g/mol. The molecule has 15 heavy (non-hydrogen) atoms. The van der Waals surface area contributed by atoms with Crippen LogP contribution in [0.25, 0.3) is 0 Å². The highest BCUT2D eigenvalue weighted by atomic mass is 16.4. The molecule has 2 nitrogen and oxygen atoms in total. The average Bonchev–Trinajstić information content (AvgIpc) is 2.31. The first-order valence-corrected chi connectivity index (χ1v) is 5.46. The van der Waals surface area contributed by atoms with Crippen LogP contribution >= 0.6 is 0 Å². The van der Waals surface area contributed by atoms with Crippen LogP contribution in [0.1, 0.15) is 37.7 Å². The van der Waals surface area contributed by atoms with E-state index in [9.17, 15) is 9.90 Å². The van der Waals surface area contributed by atoms with Gasteiger partial charge in [0.25, 0.3) is 0 Å². The van der Waals surface area contributed by atoms with Crippen molar-refractivity contribution in [2.24, 2.45) is 0 Å². The molecule has 0 spiro atoms. The van der Waals surface area contributed by atoms with Gasteiger partial charge in [-0.3, -0.25) is 4.79 Å². The van der Waals surface area contributed by atoms with Crippen molar-refractivity contribution < 1.29 is 9.90 Å². The molecule has 0 unspecified atom stereocenters. The van der Waals surface area contributed by atoms with E-state index in [4.69, 9.17) is 0 Å². The molecular formula is C13H15O2. The van der Waals surface area contributed by atoms with Gasteiger partial charge in [0, 0.05) is 0 Å². The maximum Gasteiger partial charge on any atom is 0.314 e. The van der Waals surface area contributed by atoms with Crippen LogP contribution in [0, 0.1) is 6.07 Å². The van der Waals surface area contributed by atoms with Crippen molar-refractivity contribution in [3.05, 3.63) is 35.9 Å². The number of benzene rings is 1. The highest BCUT2D eigenvalue weighted by Crippen LogP contribution is 2.39. The quantitative estimate of drug-likeness (QED) is 0.802. The Kier molecular flexibility index (Phi) is 2.76. The van der Waals surface area contributed by atoms with Crippen LogP contribution in [0.2, 0.25) is 0 Å². The van der Waals surface area contributed by atoms with Crippen LogP contribution in [0.5, 0.6) is 0 Å². The fourth-order valence-electron chi connectivity index (χ4n) is 2.44. The molecule has 0 aliphatic heterocycles. The minimum Gasteiger partial charge on any atom is -0.481 e. The molecule has 0 atom stereocenters. The summed E-state index contributed by atoms with van der Waals surface area (Å²) in [5.74, 6) is -0.690. The van der Waals surface area contributed by atoms with Crippen LogP contribution in [-0.2, 0) is 10.2 Å². The first-order valence-electron chi connectivity index (χ1n) is 5.46. The summed E-state index contributed by atoms with van der Waals surface area (Å²) in [6.45, 7) is 0. The predicted octanol–water partition coefficient (Wildman–Crippen LogP) is 2.77. The molecular weight excluding hydrogens is 188 g/mol. The van der Waals surface area contributed by atoms with Gasteiger partial charge in [0.15, 0.2) is 0 Å². The van der Waals surface area contributed by atoms with Gasteiger partial charge in [0.05, 0.1) is 5.41 Å². The van der Waals surface area contributed by atoms with Crippen molar-refractivity contribution in [2.45, 2.75) is 37.5 Å². The lowest BCUT2D eigenvalue weighted by Gasteiger charge is -2.33. The van der Waals surface area contributed by atoms with E-state index in [1.165, 1.54) is 0 Å². The summed E-state index contributed by atoms with van der Waals surface area (Å²) < 4.78 is 0. The summed E-state index contributed by atoms with van der Waals surface area (Å²) in [5, 5.41) is 9.42. The highest BCUT2D eigenvalue weighted by Gasteiger charge is 2.41. The predicted molar refractivity (Wildman–Crippen MR) is 57.7 cm³/mol. The van der Waals surface area contributed by atoms with Crippen molar-refractivity contribution in [1.29, 1.82) is 0 Å². The minimum atomic E-state index is -0.690. The van der Waals surface area contributed by atoms with Gasteiger partial charge >= 0.3 is 5.97 Å². The molecule has 1 aromatic carbocycles. The molecule has 0 amide bonds. The molecule has 0 aromatic heterocycles. The van der Waals surface area contributed by atoms with E-state index in [-0.39, 0.29) is 0 Å². The largest absolute Gasteiger partial charge is 0.481 e. The van der Waals surface area contributed by atoms with Crippen molar-refractivity contribution >= 4 is 5.97 Å². The Hall–Kier alpha value is -1.31. The molecule has 1 radical (unpaired) electrons. The summed E-state index contributed by atoms with van der Waals surface area (Å²) >= 11 is 0. The third-order valence-corrected chi connectivity index (χ3v) is 3.34. The smallest absolute Gasteiger partial charge is 0.314 e. The molecule has 1 fully saturated rings. The van der Waals surface area contributed by atoms with Crippen LogP contribution in [-0.4, -0.2) is 11.1 Å². The summed E-state index contributed by atoms with van der Waals surface area (Å²) in [4.78, 5) is 11.5. The van der Waals surface area contributed by atoms with E-state index in [1.807, 2.05) is 18.2 Å². The number of carboxylic acids is 1. The van der Waals surface area contributed by atoms with E-state index in [0.29, 0.717) is 0 Å². The van der Waals surface area contributed by atoms with Gasteiger partial charge in [-0.1, -0.05) is 43.5 Å². The number of hydrogen-bond donors (Lipinski definition) is 1. The summed E-state index contributed by atoms with van der Waals surface area (Å²) in [6.07, 6.45) is 4.68. The first-order chi connectivity index (χ1) is 7.26. The number of aliphatic carboxylic acids is 1. The fourth-order valence-corrected chi connectivity index (χ4v) is 2.44.